The Morgan fingerprint density at radius 3 is 2.79 bits per heavy atom. The fraction of sp³-hybridized carbons (Fsp3) is 0.286. The second-order valence-corrected chi connectivity index (χ2v) is 5.87. The highest BCUT2D eigenvalue weighted by molar-refractivity contribution is 7.12. The maximum Gasteiger partial charge on any atom is 0.142 e. The SMILES string of the molecule is CCc1ccc(C(Cc2cccc(F)c2Cl)NN)s1. The zero-order chi connectivity index (χ0) is 13.8. The lowest BCUT2D eigenvalue weighted by atomic mass is 10.0. The average molecular weight is 299 g/mol. The minimum atomic E-state index is -0.393. The van der Waals surface area contributed by atoms with Gasteiger partial charge in [0.1, 0.15) is 5.82 Å². The molecular formula is C14H16ClFN2S. The molecule has 0 aliphatic heterocycles. The van der Waals surface area contributed by atoms with Crippen LogP contribution in [-0.4, -0.2) is 0 Å². The number of nitrogens with one attached hydrogen (secondary N) is 1. The van der Waals surface area contributed by atoms with Gasteiger partial charge in [-0.05, 0) is 36.6 Å². The standard InChI is InChI=1S/C14H16ClFN2S/c1-2-10-6-7-13(19-10)12(18-17)8-9-4-3-5-11(16)14(9)15/h3-7,12,18H,2,8,17H2,1H3. The third kappa shape index (κ3) is 3.34. The average Bonchev–Trinajstić information content (AvgIpc) is 2.89. The third-order valence-corrected chi connectivity index (χ3v) is 4.80. The molecule has 2 rings (SSSR count). The van der Waals surface area contributed by atoms with Crippen LogP contribution in [0.5, 0.6) is 0 Å². The third-order valence-electron chi connectivity index (χ3n) is 3.03. The highest BCUT2D eigenvalue weighted by atomic mass is 35.5. The van der Waals surface area contributed by atoms with Crippen molar-refractivity contribution in [3.63, 3.8) is 0 Å². The quantitative estimate of drug-likeness (QED) is 0.650. The van der Waals surface area contributed by atoms with Gasteiger partial charge in [-0.25, -0.2) is 4.39 Å². The Morgan fingerprint density at radius 2 is 2.16 bits per heavy atom. The second-order valence-electron chi connectivity index (χ2n) is 4.29. The van der Waals surface area contributed by atoms with E-state index in [1.807, 2.05) is 6.07 Å². The van der Waals surface area contributed by atoms with Crippen LogP contribution in [0, 0.1) is 5.82 Å². The number of halogens is 2. The van der Waals surface area contributed by atoms with Gasteiger partial charge in [0.2, 0.25) is 0 Å². The molecule has 0 saturated carbocycles. The Labute approximate surface area is 121 Å². The molecule has 0 radical (unpaired) electrons. The molecule has 2 aromatic rings. The summed E-state index contributed by atoms with van der Waals surface area (Å²) in [5.74, 6) is 5.22. The Morgan fingerprint density at radius 1 is 1.37 bits per heavy atom. The van der Waals surface area contributed by atoms with Crippen molar-refractivity contribution in [2.75, 3.05) is 0 Å². The number of benzene rings is 1. The lowest BCUT2D eigenvalue weighted by Crippen LogP contribution is -2.29. The number of rotatable bonds is 5. The van der Waals surface area contributed by atoms with E-state index < -0.39 is 5.82 Å². The molecule has 1 aromatic heterocycles. The number of thiophene rings is 1. The summed E-state index contributed by atoms with van der Waals surface area (Å²) < 4.78 is 13.4. The fourth-order valence-corrected chi connectivity index (χ4v) is 3.16. The van der Waals surface area contributed by atoms with Gasteiger partial charge in [0.05, 0.1) is 11.1 Å². The summed E-state index contributed by atoms with van der Waals surface area (Å²) >= 11 is 7.69. The number of hydrogen-bond acceptors (Lipinski definition) is 3. The molecule has 1 aromatic carbocycles. The summed E-state index contributed by atoms with van der Waals surface area (Å²) in [7, 11) is 0. The molecule has 1 atom stereocenters. The summed E-state index contributed by atoms with van der Waals surface area (Å²) in [4.78, 5) is 2.44. The summed E-state index contributed by atoms with van der Waals surface area (Å²) in [5, 5.41) is 0.176. The number of aryl methyl sites for hydroxylation is 1. The minimum Gasteiger partial charge on any atom is -0.271 e. The predicted octanol–water partition coefficient (Wildman–Crippen LogP) is 3.85. The predicted molar refractivity (Wildman–Crippen MR) is 78.9 cm³/mol. The minimum absolute atomic E-state index is 0.0513. The molecule has 1 heterocycles. The summed E-state index contributed by atoms with van der Waals surface area (Å²) in [6.07, 6.45) is 1.57. The van der Waals surface area contributed by atoms with Crippen LogP contribution in [0.15, 0.2) is 30.3 Å². The molecule has 0 bridgehead atoms. The Kier molecular flexibility index (Phi) is 4.93. The Balaban J connectivity index is 2.21. The highest BCUT2D eigenvalue weighted by Gasteiger charge is 2.16. The second kappa shape index (κ2) is 6.48. The van der Waals surface area contributed by atoms with Crippen molar-refractivity contribution in [3.8, 4) is 0 Å². The van der Waals surface area contributed by atoms with Gasteiger partial charge in [-0.1, -0.05) is 30.7 Å². The zero-order valence-corrected chi connectivity index (χ0v) is 12.2. The molecule has 0 spiro atoms. The summed E-state index contributed by atoms with van der Waals surface area (Å²) in [6.45, 7) is 2.12. The van der Waals surface area contributed by atoms with Crippen molar-refractivity contribution in [3.05, 3.63) is 56.5 Å². The van der Waals surface area contributed by atoms with Crippen LogP contribution in [0.4, 0.5) is 4.39 Å². The van der Waals surface area contributed by atoms with E-state index in [9.17, 15) is 4.39 Å². The summed E-state index contributed by atoms with van der Waals surface area (Å²) in [6, 6.07) is 8.94. The topological polar surface area (TPSA) is 38.0 Å². The first-order valence-electron chi connectivity index (χ1n) is 6.13. The van der Waals surface area contributed by atoms with E-state index in [0.717, 1.165) is 16.9 Å². The van der Waals surface area contributed by atoms with Crippen LogP contribution in [0.3, 0.4) is 0 Å². The van der Waals surface area contributed by atoms with Gasteiger partial charge >= 0.3 is 0 Å². The van der Waals surface area contributed by atoms with E-state index >= 15 is 0 Å². The van der Waals surface area contributed by atoms with Crippen molar-refractivity contribution >= 4 is 22.9 Å². The highest BCUT2D eigenvalue weighted by Crippen LogP contribution is 2.29. The van der Waals surface area contributed by atoms with Gasteiger partial charge in [0.15, 0.2) is 0 Å². The molecule has 3 N–H and O–H groups in total. The van der Waals surface area contributed by atoms with E-state index in [0.29, 0.717) is 6.42 Å². The molecule has 0 saturated heterocycles. The normalized spacial score (nSPS) is 12.6. The van der Waals surface area contributed by atoms with E-state index in [1.165, 1.54) is 10.9 Å². The molecular weight excluding hydrogens is 283 g/mol. The van der Waals surface area contributed by atoms with Crippen LogP contribution < -0.4 is 11.3 Å². The van der Waals surface area contributed by atoms with Gasteiger partial charge in [-0.3, -0.25) is 11.3 Å². The lowest BCUT2D eigenvalue weighted by Gasteiger charge is -2.15. The van der Waals surface area contributed by atoms with Crippen molar-refractivity contribution in [2.45, 2.75) is 25.8 Å². The van der Waals surface area contributed by atoms with E-state index in [2.05, 4.69) is 24.5 Å². The maximum atomic E-state index is 13.4. The van der Waals surface area contributed by atoms with Gasteiger partial charge in [0.25, 0.3) is 0 Å². The Hall–Kier alpha value is -0.940. The van der Waals surface area contributed by atoms with Gasteiger partial charge in [0, 0.05) is 9.75 Å². The van der Waals surface area contributed by atoms with Crippen LogP contribution in [0.1, 0.15) is 28.3 Å². The van der Waals surface area contributed by atoms with Gasteiger partial charge in [-0.2, -0.15) is 0 Å². The van der Waals surface area contributed by atoms with Crippen LogP contribution in [0.25, 0.3) is 0 Å². The summed E-state index contributed by atoms with van der Waals surface area (Å²) in [5.41, 5.74) is 3.54. The van der Waals surface area contributed by atoms with Crippen molar-refractivity contribution < 1.29 is 4.39 Å². The molecule has 0 fully saturated rings. The molecule has 0 amide bonds. The number of hydrazine groups is 1. The van der Waals surface area contributed by atoms with E-state index in [4.69, 9.17) is 17.4 Å². The monoisotopic (exact) mass is 298 g/mol. The zero-order valence-electron chi connectivity index (χ0n) is 10.6. The maximum absolute atomic E-state index is 13.4. The van der Waals surface area contributed by atoms with Crippen molar-refractivity contribution in [1.29, 1.82) is 0 Å². The first-order chi connectivity index (χ1) is 9.15. The largest absolute Gasteiger partial charge is 0.271 e. The molecule has 2 nitrogen and oxygen atoms in total. The van der Waals surface area contributed by atoms with Crippen LogP contribution in [-0.2, 0) is 12.8 Å². The number of hydrogen-bond donors (Lipinski definition) is 2. The van der Waals surface area contributed by atoms with E-state index in [-0.39, 0.29) is 11.1 Å². The van der Waals surface area contributed by atoms with E-state index in [1.54, 1.807) is 17.4 Å². The molecule has 1 unspecified atom stereocenters. The molecule has 5 heteroatoms. The smallest absolute Gasteiger partial charge is 0.142 e. The first-order valence-corrected chi connectivity index (χ1v) is 7.32. The van der Waals surface area contributed by atoms with Crippen molar-refractivity contribution in [2.24, 2.45) is 5.84 Å². The Bertz CT molecular complexity index is 556. The lowest BCUT2D eigenvalue weighted by molar-refractivity contribution is 0.557. The number of nitrogens with two attached hydrogens (primary N) is 1. The molecule has 19 heavy (non-hydrogen) atoms. The first kappa shape index (κ1) is 14.5. The van der Waals surface area contributed by atoms with Gasteiger partial charge < -0.3 is 0 Å². The van der Waals surface area contributed by atoms with Gasteiger partial charge in [-0.15, -0.1) is 11.3 Å². The molecule has 0 aliphatic rings. The molecule has 102 valence electrons. The van der Waals surface area contributed by atoms with Crippen LogP contribution in [0.2, 0.25) is 5.02 Å². The van der Waals surface area contributed by atoms with Crippen molar-refractivity contribution in [1.82, 2.24) is 5.43 Å². The fourth-order valence-electron chi connectivity index (χ4n) is 1.94. The molecule has 0 aliphatic carbocycles. The van der Waals surface area contributed by atoms with Crippen LogP contribution >= 0.6 is 22.9 Å².